The molecule has 0 spiro atoms. The van der Waals surface area contributed by atoms with E-state index in [1.807, 2.05) is 30.3 Å². The number of hydrogen-bond acceptors (Lipinski definition) is 0. The maximum atomic E-state index is 4.64. The van der Waals surface area contributed by atoms with Gasteiger partial charge in [0, 0.05) is 0 Å². The molecule has 1 rings (SSSR count). The second-order valence-electron chi connectivity index (χ2n) is 1.08. The van der Waals surface area contributed by atoms with Gasteiger partial charge in [0.2, 0.25) is 0 Å². The van der Waals surface area contributed by atoms with Crippen molar-refractivity contribution >= 4 is 9.30 Å². The SMILES string of the molecule is [Cl][Ti].[c]1ccccc1. The van der Waals surface area contributed by atoms with Crippen LogP contribution in [0.25, 0.3) is 0 Å². The standard InChI is InChI=1S/C6H5.ClH.Ti/c1-2-4-6-5-3-1;;/h1-5H;1H;/q;;+1/p-1. The Morgan fingerprint density at radius 1 is 1.00 bits per heavy atom. The van der Waals surface area contributed by atoms with Crippen LogP contribution >= 0.6 is 9.30 Å². The molecule has 8 heavy (non-hydrogen) atoms. The van der Waals surface area contributed by atoms with Crippen LogP contribution in [-0.2, 0) is 19.4 Å². The molecule has 0 aliphatic rings. The van der Waals surface area contributed by atoms with Crippen LogP contribution < -0.4 is 0 Å². The number of hydrogen-bond donors (Lipinski definition) is 0. The number of halogens is 1. The van der Waals surface area contributed by atoms with E-state index in [-0.39, 0.29) is 0 Å². The van der Waals surface area contributed by atoms with Gasteiger partial charge in [0.15, 0.2) is 0 Å². The molecule has 0 bridgehead atoms. The van der Waals surface area contributed by atoms with E-state index in [4.69, 9.17) is 0 Å². The summed E-state index contributed by atoms with van der Waals surface area (Å²) in [6, 6.07) is 12.5. The molecule has 0 unspecified atom stereocenters. The fraction of sp³-hybridized carbons (Fsp3) is 0. The Kier molecular flexibility index (Phi) is 7.43. The van der Waals surface area contributed by atoms with Gasteiger partial charge in [0.25, 0.3) is 0 Å². The van der Waals surface area contributed by atoms with E-state index in [2.05, 4.69) is 15.4 Å². The Balaban J connectivity index is 0.000000222. The average Bonchev–Trinajstić information content (AvgIpc) is 1.96. The van der Waals surface area contributed by atoms with Crippen molar-refractivity contribution in [2.24, 2.45) is 0 Å². The fourth-order valence-electron chi connectivity index (χ4n) is 0.342. The molecule has 40 valence electrons. The molecule has 0 aliphatic carbocycles. The molecule has 0 saturated heterocycles. The first-order chi connectivity index (χ1) is 4.00. The van der Waals surface area contributed by atoms with Gasteiger partial charge in [-0.15, -0.1) is 0 Å². The largest absolute Gasteiger partial charge is 0.0622 e. The molecule has 1 aromatic rings. The Bertz CT molecular complexity index is 80.5. The van der Waals surface area contributed by atoms with E-state index >= 15 is 0 Å². The third kappa shape index (κ3) is 4.38. The molecule has 0 N–H and O–H groups in total. The molecule has 1 radical (unpaired) electrons. The molecular weight excluding hydrogens is 155 g/mol. The van der Waals surface area contributed by atoms with Gasteiger partial charge in [-0.1, -0.05) is 30.3 Å². The Labute approximate surface area is 65.1 Å². The van der Waals surface area contributed by atoms with Gasteiger partial charge < -0.3 is 0 Å². The van der Waals surface area contributed by atoms with E-state index in [9.17, 15) is 0 Å². The van der Waals surface area contributed by atoms with Crippen LogP contribution in [0.3, 0.4) is 0 Å². The van der Waals surface area contributed by atoms with Crippen LogP contribution in [0.5, 0.6) is 0 Å². The summed E-state index contributed by atoms with van der Waals surface area (Å²) < 4.78 is 0. The van der Waals surface area contributed by atoms with Crippen molar-refractivity contribution in [2.45, 2.75) is 0 Å². The molecular formula is C6H5ClTi. The predicted molar refractivity (Wildman–Crippen MR) is 31.1 cm³/mol. The molecule has 1 aromatic carbocycles. The molecule has 0 heterocycles. The summed E-state index contributed by atoms with van der Waals surface area (Å²) in [4.78, 5) is 0. The summed E-state index contributed by atoms with van der Waals surface area (Å²) in [6.45, 7) is 0. The first-order valence-corrected chi connectivity index (χ1v) is 4.25. The van der Waals surface area contributed by atoms with Crippen molar-refractivity contribution in [3.63, 3.8) is 0 Å². The molecule has 0 nitrogen and oxygen atoms in total. The van der Waals surface area contributed by atoms with E-state index in [1.54, 1.807) is 0 Å². The van der Waals surface area contributed by atoms with Crippen LogP contribution in [0, 0.1) is 6.07 Å². The number of rotatable bonds is 0. The van der Waals surface area contributed by atoms with Gasteiger partial charge in [-0.05, 0) is 6.07 Å². The zero-order valence-corrected chi connectivity index (χ0v) is 6.58. The summed E-state index contributed by atoms with van der Waals surface area (Å²) in [7, 11) is 4.64. The molecule has 0 saturated carbocycles. The van der Waals surface area contributed by atoms with Gasteiger partial charge in [-0.2, -0.15) is 0 Å². The second kappa shape index (κ2) is 7.22. The van der Waals surface area contributed by atoms with Gasteiger partial charge in [0.1, 0.15) is 0 Å². The quantitative estimate of drug-likeness (QED) is 0.510. The van der Waals surface area contributed by atoms with Crippen LogP contribution in [0.15, 0.2) is 30.3 Å². The van der Waals surface area contributed by atoms with Crippen LogP contribution in [0.4, 0.5) is 0 Å². The van der Waals surface area contributed by atoms with Crippen molar-refractivity contribution < 1.29 is 19.4 Å². The van der Waals surface area contributed by atoms with Gasteiger partial charge in [-0.3, -0.25) is 0 Å². The van der Waals surface area contributed by atoms with Crippen LogP contribution in [0.1, 0.15) is 0 Å². The zero-order valence-electron chi connectivity index (χ0n) is 4.26. The molecule has 0 amide bonds. The smallest absolute Gasteiger partial charge is 0.0184 e. The maximum Gasteiger partial charge on any atom is -0.0184 e. The van der Waals surface area contributed by atoms with E-state index in [1.165, 1.54) is 19.4 Å². The van der Waals surface area contributed by atoms with Crippen molar-refractivity contribution in [1.29, 1.82) is 0 Å². The minimum absolute atomic E-state index is 1.47. The van der Waals surface area contributed by atoms with Crippen molar-refractivity contribution in [2.75, 3.05) is 0 Å². The van der Waals surface area contributed by atoms with Crippen molar-refractivity contribution in [3.8, 4) is 0 Å². The summed E-state index contributed by atoms with van der Waals surface area (Å²) in [6.07, 6.45) is 0. The first-order valence-electron chi connectivity index (χ1n) is 2.10. The normalized spacial score (nSPS) is 6.50. The van der Waals surface area contributed by atoms with Crippen LogP contribution in [-0.4, -0.2) is 0 Å². The van der Waals surface area contributed by atoms with Crippen molar-refractivity contribution in [1.82, 2.24) is 0 Å². The molecule has 0 aliphatic heterocycles. The fourth-order valence-corrected chi connectivity index (χ4v) is 0.342. The average molecular weight is 160 g/mol. The Morgan fingerprint density at radius 3 is 1.62 bits per heavy atom. The third-order valence-corrected chi connectivity index (χ3v) is 0.607. The van der Waals surface area contributed by atoms with E-state index in [0.717, 1.165) is 0 Å². The Hall–Kier alpha value is 0.224. The third-order valence-electron chi connectivity index (χ3n) is 0.607. The minimum atomic E-state index is 1.47. The molecule has 0 aromatic heterocycles. The first kappa shape index (κ1) is 8.22. The van der Waals surface area contributed by atoms with E-state index in [0.29, 0.717) is 0 Å². The molecule has 0 atom stereocenters. The summed E-state index contributed by atoms with van der Waals surface area (Å²) in [5.41, 5.74) is 0. The Morgan fingerprint density at radius 2 is 1.50 bits per heavy atom. The molecule has 0 fully saturated rings. The topological polar surface area (TPSA) is 0 Å². The van der Waals surface area contributed by atoms with Gasteiger partial charge in [0.05, 0.1) is 0 Å². The number of benzene rings is 1. The molecule has 2 heteroatoms. The van der Waals surface area contributed by atoms with E-state index < -0.39 is 0 Å². The second-order valence-corrected chi connectivity index (χ2v) is 1.08. The summed E-state index contributed by atoms with van der Waals surface area (Å²) in [5.74, 6) is 0. The monoisotopic (exact) mass is 160 g/mol. The predicted octanol–water partition coefficient (Wildman–Crippen LogP) is 2.17. The maximum absolute atomic E-state index is 4.64. The van der Waals surface area contributed by atoms with Crippen molar-refractivity contribution in [3.05, 3.63) is 36.4 Å². The van der Waals surface area contributed by atoms with Gasteiger partial charge in [-0.25, -0.2) is 0 Å². The summed E-state index contributed by atoms with van der Waals surface area (Å²) >= 11 is 1.47. The minimum Gasteiger partial charge on any atom is -0.0622 e. The van der Waals surface area contributed by atoms with Gasteiger partial charge >= 0.3 is 28.7 Å². The summed E-state index contributed by atoms with van der Waals surface area (Å²) in [5, 5.41) is 0. The zero-order chi connectivity index (χ0) is 6.24. The van der Waals surface area contributed by atoms with Crippen LogP contribution in [0.2, 0.25) is 0 Å².